The monoisotopic (exact) mass is 393 g/mol. The number of halogens is 1. The Bertz CT molecular complexity index is 671. The van der Waals surface area contributed by atoms with Crippen LogP contribution in [0.5, 0.6) is 0 Å². The van der Waals surface area contributed by atoms with Crippen LogP contribution >= 0.6 is 27.7 Å². The highest BCUT2D eigenvalue weighted by Crippen LogP contribution is 2.16. The van der Waals surface area contributed by atoms with E-state index >= 15 is 0 Å². The predicted octanol–water partition coefficient (Wildman–Crippen LogP) is 4.11. The number of rotatable bonds is 6. The van der Waals surface area contributed by atoms with Crippen LogP contribution in [0.3, 0.4) is 0 Å². The number of esters is 1. The van der Waals surface area contributed by atoms with E-state index < -0.39 is 5.97 Å². The molecule has 2 aromatic rings. The number of anilines is 1. The van der Waals surface area contributed by atoms with E-state index in [-0.39, 0.29) is 5.91 Å². The fourth-order valence-corrected chi connectivity index (χ4v) is 2.90. The SMILES string of the molecule is COC(=O)c1ccc(NC(=O)CSCc2ccc(Br)cc2)cc1. The van der Waals surface area contributed by atoms with Gasteiger partial charge in [0.05, 0.1) is 18.4 Å². The third-order valence-corrected chi connectivity index (χ3v) is 4.54. The molecule has 0 aliphatic heterocycles. The third-order valence-electron chi connectivity index (χ3n) is 3.00. The standard InChI is InChI=1S/C17H16BrNO3S/c1-22-17(21)13-4-8-15(9-5-13)19-16(20)11-23-10-12-2-6-14(18)7-3-12/h2-9H,10-11H2,1H3,(H,19,20). The highest BCUT2D eigenvalue weighted by Gasteiger charge is 2.06. The minimum absolute atomic E-state index is 0.0714. The molecular weight excluding hydrogens is 378 g/mol. The number of benzene rings is 2. The minimum atomic E-state index is -0.395. The van der Waals surface area contributed by atoms with Crippen molar-refractivity contribution >= 4 is 45.3 Å². The molecule has 0 unspecified atom stereocenters. The molecule has 0 radical (unpaired) electrons. The van der Waals surface area contributed by atoms with Gasteiger partial charge < -0.3 is 10.1 Å². The Hall–Kier alpha value is -1.79. The largest absolute Gasteiger partial charge is 0.465 e. The van der Waals surface area contributed by atoms with Crippen molar-refractivity contribution in [2.24, 2.45) is 0 Å². The van der Waals surface area contributed by atoms with E-state index in [1.807, 2.05) is 24.3 Å². The second kappa shape index (κ2) is 8.74. The first-order valence-electron chi connectivity index (χ1n) is 6.89. The molecule has 0 saturated heterocycles. The van der Waals surface area contributed by atoms with Gasteiger partial charge in [-0.25, -0.2) is 4.79 Å². The summed E-state index contributed by atoms with van der Waals surface area (Å²) in [5.74, 6) is 0.683. The van der Waals surface area contributed by atoms with Gasteiger partial charge in [0.15, 0.2) is 0 Å². The highest BCUT2D eigenvalue weighted by atomic mass is 79.9. The van der Waals surface area contributed by atoms with Gasteiger partial charge in [0, 0.05) is 15.9 Å². The first-order valence-corrected chi connectivity index (χ1v) is 8.83. The van der Waals surface area contributed by atoms with Crippen LogP contribution in [0.4, 0.5) is 5.69 Å². The van der Waals surface area contributed by atoms with Gasteiger partial charge in [-0.3, -0.25) is 4.79 Å². The van der Waals surface area contributed by atoms with Gasteiger partial charge in [0.25, 0.3) is 0 Å². The summed E-state index contributed by atoms with van der Waals surface area (Å²) < 4.78 is 5.67. The topological polar surface area (TPSA) is 55.4 Å². The normalized spacial score (nSPS) is 10.2. The summed E-state index contributed by atoms with van der Waals surface area (Å²) in [6.45, 7) is 0. The Labute approximate surface area is 147 Å². The van der Waals surface area contributed by atoms with Gasteiger partial charge in [0.1, 0.15) is 0 Å². The maximum Gasteiger partial charge on any atom is 0.337 e. The van der Waals surface area contributed by atoms with Gasteiger partial charge in [0.2, 0.25) is 5.91 Å². The lowest BCUT2D eigenvalue weighted by atomic mass is 10.2. The predicted molar refractivity (Wildman–Crippen MR) is 96.7 cm³/mol. The average molecular weight is 394 g/mol. The van der Waals surface area contributed by atoms with Crippen molar-refractivity contribution < 1.29 is 14.3 Å². The molecule has 4 nitrogen and oxygen atoms in total. The fraction of sp³-hybridized carbons (Fsp3) is 0.176. The van der Waals surface area contributed by atoms with Crippen LogP contribution < -0.4 is 5.32 Å². The number of methoxy groups -OCH3 is 1. The quantitative estimate of drug-likeness (QED) is 0.750. The molecule has 6 heteroatoms. The van der Waals surface area contributed by atoms with Gasteiger partial charge >= 0.3 is 5.97 Å². The van der Waals surface area contributed by atoms with Gasteiger partial charge in [-0.1, -0.05) is 28.1 Å². The van der Waals surface area contributed by atoms with E-state index in [4.69, 9.17) is 0 Å². The van der Waals surface area contributed by atoms with E-state index in [0.717, 1.165) is 10.2 Å². The van der Waals surface area contributed by atoms with Crippen molar-refractivity contribution in [2.45, 2.75) is 5.75 Å². The van der Waals surface area contributed by atoms with Crippen LogP contribution in [-0.4, -0.2) is 24.7 Å². The molecule has 0 saturated carbocycles. The summed E-state index contributed by atoms with van der Waals surface area (Å²) in [5, 5.41) is 2.80. The lowest BCUT2D eigenvalue weighted by molar-refractivity contribution is -0.113. The van der Waals surface area contributed by atoms with Crippen LogP contribution in [0.25, 0.3) is 0 Å². The van der Waals surface area contributed by atoms with E-state index in [0.29, 0.717) is 17.0 Å². The van der Waals surface area contributed by atoms with Crippen molar-refractivity contribution in [3.8, 4) is 0 Å². The number of nitrogens with one attached hydrogen (secondary N) is 1. The zero-order valence-electron chi connectivity index (χ0n) is 12.5. The molecule has 1 N–H and O–H groups in total. The summed E-state index contributed by atoms with van der Waals surface area (Å²) >= 11 is 4.94. The Morgan fingerprint density at radius 2 is 1.74 bits per heavy atom. The molecule has 120 valence electrons. The maximum atomic E-state index is 11.9. The highest BCUT2D eigenvalue weighted by molar-refractivity contribution is 9.10. The number of hydrogen-bond acceptors (Lipinski definition) is 4. The molecule has 0 aliphatic rings. The lowest BCUT2D eigenvalue weighted by Crippen LogP contribution is -2.14. The van der Waals surface area contributed by atoms with Crippen LogP contribution in [0.15, 0.2) is 53.0 Å². The molecular formula is C17H16BrNO3S. The van der Waals surface area contributed by atoms with Crippen molar-refractivity contribution in [3.05, 3.63) is 64.1 Å². The molecule has 0 bridgehead atoms. The number of hydrogen-bond donors (Lipinski definition) is 1. The maximum absolute atomic E-state index is 11.9. The lowest BCUT2D eigenvalue weighted by Gasteiger charge is -2.06. The number of thioether (sulfide) groups is 1. The first kappa shape index (κ1) is 17.6. The second-order valence-electron chi connectivity index (χ2n) is 4.74. The fourth-order valence-electron chi connectivity index (χ4n) is 1.85. The van der Waals surface area contributed by atoms with E-state index in [1.54, 1.807) is 36.0 Å². The van der Waals surface area contributed by atoms with Crippen molar-refractivity contribution in [2.75, 3.05) is 18.2 Å². The van der Waals surface area contributed by atoms with E-state index in [2.05, 4.69) is 26.0 Å². The first-order chi connectivity index (χ1) is 11.1. The summed E-state index contributed by atoms with van der Waals surface area (Å²) in [4.78, 5) is 23.2. The summed E-state index contributed by atoms with van der Waals surface area (Å²) in [5.41, 5.74) is 2.29. The van der Waals surface area contributed by atoms with Crippen molar-refractivity contribution in [3.63, 3.8) is 0 Å². The van der Waals surface area contributed by atoms with Gasteiger partial charge in [-0.05, 0) is 42.0 Å². The average Bonchev–Trinajstić information content (AvgIpc) is 2.56. The molecule has 0 aliphatic carbocycles. The van der Waals surface area contributed by atoms with Crippen LogP contribution in [0, 0.1) is 0 Å². The van der Waals surface area contributed by atoms with Crippen LogP contribution in [0.1, 0.15) is 15.9 Å². The minimum Gasteiger partial charge on any atom is -0.465 e. The zero-order chi connectivity index (χ0) is 16.7. The number of carbonyl (C=O) groups excluding carboxylic acids is 2. The molecule has 23 heavy (non-hydrogen) atoms. The summed E-state index contributed by atoms with van der Waals surface area (Å²) in [6, 6.07) is 14.6. The Morgan fingerprint density at radius 3 is 2.35 bits per heavy atom. The van der Waals surface area contributed by atoms with Crippen LogP contribution in [-0.2, 0) is 15.3 Å². The Kier molecular flexibility index (Phi) is 6.67. The van der Waals surface area contributed by atoms with Crippen molar-refractivity contribution in [1.82, 2.24) is 0 Å². The second-order valence-corrected chi connectivity index (χ2v) is 6.64. The molecule has 0 heterocycles. The smallest absolute Gasteiger partial charge is 0.337 e. The summed E-state index contributed by atoms with van der Waals surface area (Å²) in [7, 11) is 1.33. The van der Waals surface area contributed by atoms with E-state index in [9.17, 15) is 9.59 Å². The molecule has 2 aromatic carbocycles. The van der Waals surface area contributed by atoms with E-state index in [1.165, 1.54) is 12.7 Å². The zero-order valence-corrected chi connectivity index (χ0v) is 14.9. The van der Waals surface area contributed by atoms with Crippen LogP contribution in [0.2, 0.25) is 0 Å². The molecule has 0 aromatic heterocycles. The molecule has 1 amide bonds. The third kappa shape index (κ3) is 5.73. The Morgan fingerprint density at radius 1 is 1.09 bits per heavy atom. The van der Waals surface area contributed by atoms with Gasteiger partial charge in [-0.2, -0.15) is 0 Å². The molecule has 0 spiro atoms. The molecule has 0 atom stereocenters. The summed E-state index contributed by atoms with van der Waals surface area (Å²) in [6.07, 6.45) is 0. The molecule has 2 rings (SSSR count). The number of ether oxygens (including phenoxy) is 1. The van der Waals surface area contributed by atoms with Crippen molar-refractivity contribution in [1.29, 1.82) is 0 Å². The van der Waals surface area contributed by atoms with Gasteiger partial charge in [-0.15, -0.1) is 11.8 Å². The number of carbonyl (C=O) groups is 2. The molecule has 0 fully saturated rings. The Balaban J connectivity index is 1.78. The number of amides is 1.